The van der Waals surface area contributed by atoms with Gasteiger partial charge in [-0.1, -0.05) is 43.2 Å². The summed E-state index contributed by atoms with van der Waals surface area (Å²) in [5.74, 6) is 0.367. The molecule has 0 saturated heterocycles. The second-order valence-electron chi connectivity index (χ2n) is 5.70. The fourth-order valence-corrected chi connectivity index (χ4v) is 3.13. The van der Waals surface area contributed by atoms with Gasteiger partial charge in [0.25, 0.3) is 0 Å². The number of nitrogens with zero attached hydrogens (tertiary/aromatic N) is 2. The molecule has 0 aliphatic heterocycles. The summed E-state index contributed by atoms with van der Waals surface area (Å²) in [6, 6.07) is 10.5. The molecule has 21 heavy (non-hydrogen) atoms. The van der Waals surface area contributed by atoms with Gasteiger partial charge in [0.2, 0.25) is 0 Å². The number of aromatic amines is 1. The number of aliphatic hydroxyl groups excluding tert-OH is 1. The molecular formula is C16H22N4O. The third-order valence-electron chi connectivity index (χ3n) is 4.34. The molecule has 0 bridgehead atoms. The molecule has 1 aliphatic rings. The summed E-state index contributed by atoms with van der Waals surface area (Å²) in [6.45, 7) is 0.948. The lowest BCUT2D eigenvalue weighted by atomic mass is 9.85. The Labute approximate surface area is 124 Å². The van der Waals surface area contributed by atoms with Crippen LogP contribution in [0.15, 0.2) is 30.3 Å². The molecule has 112 valence electrons. The number of benzene rings is 1. The van der Waals surface area contributed by atoms with E-state index in [4.69, 9.17) is 0 Å². The average Bonchev–Trinajstić information content (AvgIpc) is 3.02. The molecule has 3 rings (SSSR count). The molecule has 1 fully saturated rings. The summed E-state index contributed by atoms with van der Waals surface area (Å²) in [5, 5.41) is 24.3. The van der Waals surface area contributed by atoms with E-state index in [2.05, 4.69) is 20.7 Å². The molecular weight excluding hydrogens is 264 g/mol. The van der Waals surface area contributed by atoms with Crippen LogP contribution >= 0.6 is 0 Å². The van der Waals surface area contributed by atoms with Crippen molar-refractivity contribution in [2.45, 2.75) is 38.3 Å². The van der Waals surface area contributed by atoms with Crippen molar-refractivity contribution >= 4 is 0 Å². The van der Waals surface area contributed by atoms with Crippen molar-refractivity contribution in [3.8, 4) is 11.3 Å². The van der Waals surface area contributed by atoms with Crippen molar-refractivity contribution < 1.29 is 5.11 Å². The smallest absolute Gasteiger partial charge is 0.117 e. The summed E-state index contributed by atoms with van der Waals surface area (Å²) in [6.07, 6.45) is 4.70. The highest BCUT2D eigenvalue weighted by atomic mass is 16.3. The molecule has 0 amide bonds. The Morgan fingerprint density at radius 1 is 1.14 bits per heavy atom. The molecule has 1 aliphatic carbocycles. The lowest BCUT2D eigenvalue weighted by molar-refractivity contribution is 0.152. The average molecular weight is 286 g/mol. The van der Waals surface area contributed by atoms with E-state index in [1.807, 2.05) is 30.3 Å². The van der Waals surface area contributed by atoms with E-state index in [1.54, 1.807) is 0 Å². The van der Waals surface area contributed by atoms with Crippen LogP contribution < -0.4 is 5.32 Å². The number of hydrogen-bond acceptors (Lipinski definition) is 4. The van der Waals surface area contributed by atoms with E-state index >= 15 is 0 Å². The van der Waals surface area contributed by atoms with Crippen LogP contribution in [0.3, 0.4) is 0 Å². The van der Waals surface area contributed by atoms with Crippen molar-refractivity contribution in [1.29, 1.82) is 0 Å². The standard InChI is InChI=1S/C16H22N4O/c21-11-13-8-4-5-9-14(13)17-10-15-16(19-20-18-15)12-6-2-1-3-7-12/h1-3,6-7,13-14,17,21H,4-5,8-11H2,(H,18,19,20). The molecule has 2 atom stereocenters. The fraction of sp³-hybridized carbons (Fsp3) is 0.500. The number of aliphatic hydroxyl groups is 1. The van der Waals surface area contributed by atoms with Crippen LogP contribution in [0, 0.1) is 5.92 Å². The van der Waals surface area contributed by atoms with Crippen LogP contribution in [-0.4, -0.2) is 33.2 Å². The summed E-state index contributed by atoms with van der Waals surface area (Å²) < 4.78 is 0. The summed E-state index contributed by atoms with van der Waals surface area (Å²) in [4.78, 5) is 0. The summed E-state index contributed by atoms with van der Waals surface area (Å²) in [5.41, 5.74) is 2.91. The molecule has 5 nitrogen and oxygen atoms in total. The van der Waals surface area contributed by atoms with Gasteiger partial charge in [0, 0.05) is 24.8 Å². The van der Waals surface area contributed by atoms with E-state index in [1.165, 1.54) is 12.8 Å². The Morgan fingerprint density at radius 3 is 2.76 bits per heavy atom. The van der Waals surface area contributed by atoms with Gasteiger partial charge in [-0.05, 0) is 18.8 Å². The van der Waals surface area contributed by atoms with Crippen molar-refractivity contribution in [2.24, 2.45) is 5.92 Å². The van der Waals surface area contributed by atoms with Gasteiger partial charge >= 0.3 is 0 Å². The molecule has 1 aromatic heterocycles. The maximum absolute atomic E-state index is 9.48. The Balaban J connectivity index is 1.67. The Morgan fingerprint density at radius 2 is 1.95 bits per heavy atom. The van der Waals surface area contributed by atoms with Gasteiger partial charge in [-0.2, -0.15) is 15.4 Å². The number of hydrogen-bond donors (Lipinski definition) is 3. The first-order valence-corrected chi connectivity index (χ1v) is 7.68. The van der Waals surface area contributed by atoms with Gasteiger partial charge < -0.3 is 10.4 Å². The SMILES string of the molecule is OCC1CCCCC1NCc1n[nH]nc1-c1ccccc1. The van der Waals surface area contributed by atoms with Crippen molar-refractivity contribution in [2.75, 3.05) is 6.61 Å². The largest absolute Gasteiger partial charge is 0.396 e. The molecule has 1 aromatic carbocycles. The Bertz CT molecular complexity index is 554. The lowest BCUT2D eigenvalue weighted by Crippen LogP contribution is -2.39. The quantitative estimate of drug-likeness (QED) is 0.787. The van der Waals surface area contributed by atoms with Crippen LogP contribution in [0.4, 0.5) is 0 Å². The Kier molecular flexibility index (Phi) is 4.62. The van der Waals surface area contributed by atoms with Crippen molar-refractivity contribution in [1.82, 2.24) is 20.7 Å². The van der Waals surface area contributed by atoms with Gasteiger partial charge in [-0.3, -0.25) is 0 Å². The second kappa shape index (κ2) is 6.83. The van der Waals surface area contributed by atoms with E-state index in [0.29, 0.717) is 18.5 Å². The van der Waals surface area contributed by atoms with Gasteiger partial charge in [0.1, 0.15) is 11.4 Å². The minimum absolute atomic E-state index is 0.266. The van der Waals surface area contributed by atoms with Crippen LogP contribution in [0.2, 0.25) is 0 Å². The van der Waals surface area contributed by atoms with Gasteiger partial charge in [-0.15, -0.1) is 0 Å². The molecule has 2 unspecified atom stereocenters. The van der Waals surface area contributed by atoms with Crippen LogP contribution in [0.5, 0.6) is 0 Å². The second-order valence-corrected chi connectivity index (χ2v) is 5.70. The zero-order valence-electron chi connectivity index (χ0n) is 12.1. The third kappa shape index (κ3) is 3.31. The van der Waals surface area contributed by atoms with E-state index in [-0.39, 0.29) is 6.61 Å². The predicted octanol–water partition coefficient (Wildman–Crippen LogP) is 2.11. The monoisotopic (exact) mass is 286 g/mol. The van der Waals surface area contributed by atoms with Gasteiger partial charge in [-0.25, -0.2) is 0 Å². The third-order valence-corrected chi connectivity index (χ3v) is 4.34. The number of nitrogens with one attached hydrogen (secondary N) is 2. The first-order chi connectivity index (χ1) is 10.4. The molecule has 0 spiro atoms. The predicted molar refractivity (Wildman–Crippen MR) is 81.5 cm³/mol. The molecule has 2 aromatic rings. The number of rotatable bonds is 5. The zero-order chi connectivity index (χ0) is 14.5. The minimum Gasteiger partial charge on any atom is -0.396 e. The topological polar surface area (TPSA) is 73.8 Å². The number of H-pyrrole nitrogens is 1. The first-order valence-electron chi connectivity index (χ1n) is 7.68. The maximum atomic E-state index is 9.48. The highest BCUT2D eigenvalue weighted by Crippen LogP contribution is 2.25. The fourth-order valence-electron chi connectivity index (χ4n) is 3.13. The molecule has 1 heterocycles. The summed E-state index contributed by atoms with van der Waals surface area (Å²) in [7, 11) is 0. The van der Waals surface area contributed by atoms with Crippen molar-refractivity contribution in [3.05, 3.63) is 36.0 Å². The molecule has 5 heteroatoms. The van der Waals surface area contributed by atoms with Crippen molar-refractivity contribution in [3.63, 3.8) is 0 Å². The molecule has 0 radical (unpaired) electrons. The lowest BCUT2D eigenvalue weighted by Gasteiger charge is -2.30. The van der Waals surface area contributed by atoms with Crippen LogP contribution in [0.1, 0.15) is 31.4 Å². The number of aromatic nitrogens is 3. The summed E-state index contributed by atoms with van der Waals surface area (Å²) >= 11 is 0. The van der Waals surface area contributed by atoms with Gasteiger partial charge in [0.05, 0.1) is 0 Å². The van der Waals surface area contributed by atoms with Crippen LogP contribution in [0.25, 0.3) is 11.3 Å². The zero-order valence-corrected chi connectivity index (χ0v) is 12.1. The van der Waals surface area contributed by atoms with Gasteiger partial charge in [0.15, 0.2) is 0 Å². The highest BCUT2D eigenvalue weighted by Gasteiger charge is 2.24. The highest BCUT2D eigenvalue weighted by molar-refractivity contribution is 5.60. The first kappa shape index (κ1) is 14.2. The maximum Gasteiger partial charge on any atom is 0.117 e. The van der Waals surface area contributed by atoms with E-state index in [0.717, 1.165) is 29.8 Å². The molecule has 1 saturated carbocycles. The normalized spacial score (nSPS) is 22.3. The molecule has 3 N–H and O–H groups in total. The van der Waals surface area contributed by atoms with E-state index in [9.17, 15) is 5.11 Å². The van der Waals surface area contributed by atoms with E-state index < -0.39 is 0 Å². The van der Waals surface area contributed by atoms with Crippen LogP contribution in [-0.2, 0) is 6.54 Å². The minimum atomic E-state index is 0.266. The Hall–Kier alpha value is -1.72.